The molecule has 3 aromatic rings. The SMILES string of the molecule is COc1cc(OCCCC(=O)ONC(c2ccccc2)c2ccccc2)ccc1CO. The Hall–Kier alpha value is -3.35. The molecule has 0 amide bonds. The monoisotopic (exact) mass is 421 g/mol. The van der Waals surface area contributed by atoms with Gasteiger partial charge < -0.3 is 19.4 Å². The summed E-state index contributed by atoms with van der Waals surface area (Å²) in [5.41, 5.74) is 5.61. The molecule has 162 valence electrons. The third kappa shape index (κ3) is 6.57. The van der Waals surface area contributed by atoms with Gasteiger partial charge in [-0.1, -0.05) is 60.7 Å². The van der Waals surface area contributed by atoms with Gasteiger partial charge in [-0.15, -0.1) is 5.48 Å². The van der Waals surface area contributed by atoms with E-state index >= 15 is 0 Å². The highest BCUT2D eigenvalue weighted by atomic mass is 16.7. The Labute approximate surface area is 182 Å². The number of methoxy groups -OCH3 is 1. The largest absolute Gasteiger partial charge is 0.496 e. The summed E-state index contributed by atoms with van der Waals surface area (Å²) in [7, 11) is 1.54. The molecule has 31 heavy (non-hydrogen) atoms. The van der Waals surface area contributed by atoms with E-state index in [1.54, 1.807) is 25.3 Å². The summed E-state index contributed by atoms with van der Waals surface area (Å²) >= 11 is 0. The second kappa shape index (κ2) is 11.7. The number of ether oxygens (including phenoxy) is 2. The lowest BCUT2D eigenvalue weighted by atomic mass is 10.00. The highest BCUT2D eigenvalue weighted by molar-refractivity contribution is 5.69. The standard InChI is InChI=1S/C25H27NO5/c1-29-23-17-22(15-14-21(23)18-27)30-16-8-13-24(28)31-26-25(19-9-4-2-5-10-19)20-11-6-3-7-12-20/h2-7,9-12,14-15,17,25-27H,8,13,16,18H2,1H3. The number of aliphatic hydroxyl groups excluding tert-OH is 1. The minimum Gasteiger partial charge on any atom is -0.496 e. The van der Waals surface area contributed by atoms with Crippen molar-refractivity contribution in [3.8, 4) is 11.5 Å². The molecule has 0 aliphatic heterocycles. The minimum absolute atomic E-state index is 0.102. The summed E-state index contributed by atoms with van der Waals surface area (Å²) < 4.78 is 10.9. The summed E-state index contributed by atoms with van der Waals surface area (Å²) in [5, 5.41) is 9.27. The van der Waals surface area contributed by atoms with E-state index in [0.29, 0.717) is 30.1 Å². The first-order chi connectivity index (χ1) is 15.2. The van der Waals surface area contributed by atoms with Crippen molar-refractivity contribution in [1.82, 2.24) is 5.48 Å². The van der Waals surface area contributed by atoms with Gasteiger partial charge in [-0.2, -0.15) is 0 Å². The maximum Gasteiger partial charge on any atom is 0.324 e. The van der Waals surface area contributed by atoms with Gasteiger partial charge in [0.1, 0.15) is 11.5 Å². The van der Waals surface area contributed by atoms with Crippen molar-refractivity contribution in [3.05, 3.63) is 95.6 Å². The maximum absolute atomic E-state index is 12.2. The van der Waals surface area contributed by atoms with Gasteiger partial charge in [-0.05, 0) is 29.7 Å². The third-order valence-corrected chi connectivity index (χ3v) is 4.78. The van der Waals surface area contributed by atoms with Crippen molar-refractivity contribution in [2.75, 3.05) is 13.7 Å². The first-order valence-electron chi connectivity index (χ1n) is 10.2. The second-order valence-corrected chi connectivity index (χ2v) is 6.93. The second-order valence-electron chi connectivity index (χ2n) is 6.93. The molecular weight excluding hydrogens is 394 g/mol. The molecule has 0 spiro atoms. The van der Waals surface area contributed by atoms with E-state index in [9.17, 15) is 9.90 Å². The molecule has 0 bridgehead atoms. The molecule has 3 rings (SSSR count). The molecule has 6 nitrogen and oxygen atoms in total. The van der Waals surface area contributed by atoms with Gasteiger partial charge >= 0.3 is 5.97 Å². The van der Waals surface area contributed by atoms with Crippen molar-refractivity contribution in [3.63, 3.8) is 0 Å². The number of benzene rings is 3. The van der Waals surface area contributed by atoms with Crippen LogP contribution in [0.4, 0.5) is 0 Å². The number of hydroxylamine groups is 1. The maximum atomic E-state index is 12.2. The van der Waals surface area contributed by atoms with Crippen molar-refractivity contribution in [1.29, 1.82) is 0 Å². The first kappa shape index (κ1) is 22.3. The summed E-state index contributed by atoms with van der Waals surface area (Å²) in [6.45, 7) is 0.257. The number of carbonyl (C=O) groups excluding carboxylic acids is 1. The topological polar surface area (TPSA) is 77.0 Å². The number of rotatable bonds is 11. The third-order valence-electron chi connectivity index (χ3n) is 4.78. The Morgan fingerprint density at radius 2 is 1.61 bits per heavy atom. The number of aliphatic hydroxyl groups is 1. The highest BCUT2D eigenvalue weighted by Crippen LogP contribution is 2.25. The van der Waals surface area contributed by atoms with Crippen LogP contribution in [0.2, 0.25) is 0 Å². The van der Waals surface area contributed by atoms with Crippen LogP contribution in [0.15, 0.2) is 78.9 Å². The van der Waals surface area contributed by atoms with E-state index in [2.05, 4.69) is 5.48 Å². The molecule has 0 saturated heterocycles. The molecule has 0 radical (unpaired) electrons. The predicted molar refractivity (Wildman–Crippen MR) is 118 cm³/mol. The van der Waals surface area contributed by atoms with Crippen LogP contribution in [-0.2, 0) is 16.2 Å². The van der Waals surface area contributed by atoms with E-state index < -0.39 is 0 Å². The molecule has 0 heterocycles. The van der Waals surface area contributed by atoms with Gasteiger partial charge in [-0.3, -0.25) is 4.79 Å². The van der Waals surface area contributed by atoms with Crippen LogP contribution in [0.5, 0.6) is 11.5 Å². The summed E-state index contributed by atoms with van der Waals surface area (Å²) in [6.07, 6.45) is 0.723. The van der Waals surface area contributed by atoms with Crippen molar-refractivity contribution in [2.45, 2.75) is 25.5 Å². The zero-order valence-corrected chi connectivity index (χ0v) is 17.5. The lowest BCUT2D eigenvalue weighted by molar-refractivity contribution is -0.152. The Kier molecular flexibility index (Phi) is 8.46. The molecule has 0 fully saturated rings. The van der Waals surface area contributed by atoms with E-state index in [1.165, 1.54) is 0 Å². The molecule has 0 aliphatic carbocycles. The summed E-state index contributed by atoms with van der Waals surface area (Å²) in [5.74, 6) is 0.832. The Balaban J connectivity index is 1.48. The molecule has 0 aromatic heterocycles. The minimum atomic E-state index is -0.353. The van der Waals surface area contributed by atoms with Crippen LogP contribution in [0.25, 0.3) is 0 Å². The van der Waals surface area contributed by atoms with Crippen molar-refractivity contribution in [2.24, 2.45) is 0 Å². The van der Waals surface area contributed by atoms with E-state index in [4.69, 9.17) is 14.3 Å². The molecule has 0 saturated carbocycles. The van der Waals surface area contributed by atoms with Crippen LogP contribution < -0.4 is 15.0 Å². The molecular formula is C25H27NO5. The first-order valence-corrected chi connectivity index (χ1v) is 10.2. The Bertz CT molecular complexity index is 907. The number of carbonyl (C=O) groups is 1. The van der Waals surface area contributed by atoms with Gasteiger partial charge in [0, 0.05) is 11.6 Å². The summed E-state index contributed by atoms with van der Waals surface area (Å²) in [6, 6.07) is 24.6. The van der Waals surface area contributed by atoms with Gasteiger partial charge in [-0.25, -0.2) is 0 Å². The van der Waals surface area contributed by atoms with Gasteiger partial charge in [0.15, 0.2) is 0 Å². The van der Waals surface area contributed by atoms with Crippen LogP contribution in [0.1, 0.15) is 35.6 Å². The zero-order valence-electron chi connectivity index (χ0n) is 17.5. The predicted octanol–water partition coefficient (Wildman–Crippen LogP) is 4.18. The van der Waals surface area contributed by atoms with Gasteiger partial charge in [0.2, 0.25) is 0 Å². The smallest absolute Gasteiger partial charge is 0.324 e. The molecule has 6 heteroatoms. The fourth-order valence-corrected chi connectivity index (χ4v) is 3.15. The molecule has 0 unspecified atom stereocenters. The number of nitrogens with one attached hydrogen (secondary N) is 1. The average molecular weight is 421 g/mol. The molecule has 2 N–H and O–H groups in total. The highest BCUT2D eigenvalue weighted by Gasteiger charge is 2.16. The lowest BCUT2D eigenvalue weighted by Crippen LogP contribution is -2.26. The van der Waals surface area contributed by atoms with Gasteiger partial charge in [0.25, 0.3) is 0 Å². The van der Waals surface area contributed by atoms with Gasteiger partial charge in [0.05, 0.1) is 32.8 Å². The van der Waals surface area contributed by atoms with Crippen molar-refractivity contribution < 1.29 is 24.2 Å². The molecule has 3 aromatic carbocycles. The average Bonchev–Trinajstić information content (AvgIpc) is 2.83. The molecule has 0 atom stereocenters. The Morgan fingerprint density at radius 3 is 2.19 bits per heavy atom. The van der Waals surface area contributed by atoms with Crippen LogP contribution in [-0.4, -0.2) is 24.8 Å². The normalized spacial score (nSPS) is 10.7. The fraction of sp³-hybridized carbons (Fsp3) is 0.240. The number of hydrogen-bond acceptors (Lipinski definition) is 6. The van der Waals surface area contributed by atoms with Crippen LogP contribution in [0, 0.1) is 0 Å². The summed E-state index contributed by atoms with van der Waals surface area (Å²) in [4.78, 5) is 17.6. The van der Waals surface area contributed by atoms with Crippen LogP contribution in [0.3, 0.4) is 0 Å². The molecule has 0 aliphatic rings. The van der Waals surface area contributed by atoms with E-state index in [0.717, 1.165) is 11.1 Å². The van der Waals surface area contributed by atoms with E-state index in [1.807, 2.05) is 60.7 Å². The number of hydrogen-bond donors (Lipinski definition) is 2. The van der Waals surface area contributed by atoms with Crippen LogP contribution >= 0.6 is 0 Å². The zero-order chi connectivity index (χ0) is 21.9. The Morgan fingerprint density at radius 1 is 0.968 bits per heavy atom. The quantitative estimate of drug-likeness (QED) is 0.357. The van der Waals surface area contributed by atoms with E-state index in [-0.39, 0.29) is 25.0 Å². The fourth-order valence-electron chi connectivity index (χ4n) is 3.15. The van der Waals surface area contributed by atoms with Crippen molar-refractivity contribution >= 4 is 5.97 Å². The lowest BCUT2D eigenvalue weighted by Gasteiger charge is -2.19.